The molecule has 4 aromatic carbocycles. The molecule has 0 aliphatic carbocycles. The molecule has 0 saturated carbocycles. The van der Waals surface area contributed by atoms with Gasteiger partial charge in [0, 0.05) is 39.0 Å². The average molecular weight is 490 g/mol. The molecule has 2 atom stereocenters. The summed E-state index contributed by atoms with van der Waals surface area (Å²) in [5.41, 5.74) is 2.74. The third-order valence-electron chi connectivity index (χ3n) is 7.78. The van der Waals surface area contributed by atoms with Gasteiger partial charge in [-0.1, -0.05) is 73.7 Å². The van der Waals surface area contributed by atoms with Crippen LogP contribution in [-0.2, 0) is 4.79 Å². The fourth-order valence-corrected chi connectivity index (χ4v) is 5.07. The summed E-state index contributed by atoms with van der Waals surface area (Å²) >= 11 is 0. The number of fused-ring (bicyclic) bond motifs is 3. The van der Waals surface area contributed by atoms with Crippen molar-refractivity contribution < 1.29 is 14.3 Å². The topological polar surface area (TPSA) is 48.3 Å². The quantitative estimate of drug-likeness (QED) is 0.133. The minimum Gasteiger partial charge on any atom is -0.426 e. The molecule has 186 valence electrons. The monoisotopic (exact) mass is 489 g/mol. The molecule has 1 heterocycles. The molecule has 37 heavy (non-hydrogen) atoms. The molecule has 5 rings (SSSR count). The predicted molar refractivity (Wildman–Crippen MR) is 149 cm³/mol. The third-order valence-corrected chi connectivity index (χ3v) is 7.78. The summed E-state index contributed by atoms with van der Waals surface area (Å²) in [5, 5.41) is 2.42. The number of para-hydroxylation sites is 2. The van der Waals surface area contributed by atoms with E-state index in [9.17, 15) is 9.59 Å². The van der Waals surface area contributed by atoms with Crippen molar-refractivity contribution in [2.75, 3.05) is 0 Å². The minimum atomic E-state index is -0.760. The lowest BCUT2D eigenvalue weighted by atomic mass is 9.76. The molecule has 0 aliphatic rings. The van der Waals surface area contributed by atoms with Crippen molar-refractivity contribution in [1.29, 1.82) is 0 Å². The smallest absolute Gasteiger partial charge is 0.317 e. The minimum absolute atomic E-state index is 0.0295. The highest BCUT2D eigenvalue weighted by Crippen LogP contribution is 2.41. The SMILES string of the molecule is CC(C(C)C(C)(C)C(=O)Oc1ccc(C(=O)c2ccccc2)cc1)n1c2ccccc2c2ccccc21. The van der Waals surface area contributed by atoms with Gasteiger partial charge in [0.2, 0.25) is 0 Å². The Labute approximate surface area is 217 Å². The second kappa shape index (κ2) is 9.70. The maximum atomic E-state index is 13.4. The van der Waals surface area contributed by atoms with Gasteiger partial charge in [0.1, 0.15) is 5.75 Å². The van der Waals surface area contributed by atoms with E-state index in [4.69, 9.17) is 4.74 Å². The molecule has 5 aromatic rings. The maximum absolute atomic E-state index is 13.4. The van der Waals surface area contributed by atoms with Crippen molar-refractivity contribution in [3.05, 3.63) is 114 Å². The number of hydrogen-bond acceptors (Lipinski definition) is 3. The summed E-state index contributed by atoms with van der Waals surface area (Å²) in [6.07, 6.45) is 0. The van der Waals surface area contributed by atoms with Crippen molar-refractivity contribution in [3.8, 4) is 5.75 Å². The van der Waals surface area contributed by atoms with Crippen LogP contribution in [0.15, 0.2) is 103 Å². The normalized spacial score (nSPS) is 13.4. The zero-order chi connectivity index (χ0) is 26.2. The number of hydrogen-bond donors (Lipinski definition) is 0. The number of nitrogens with zero attached hydrogens (tertiary/aromatic N) is 1. The average Bonchev–Trinajstić information content (AvgIpc) is 3.27. The molecular formula is C33H31NO3. The van der Waals surface area contributed by atoms with Gasteiger partial charge in [0.25, 0.3) is 0 Å². The molecule has 0 bridgehead atoms. The molecule has 0 spiro atoms. The van der Waals surface area contributed by atoms with Crippen LogP contribution in [0, 0.1) is 11.3 Å². The summed E-state index contributed by atoms with van der Waals surface area (Å²) in [6, 6.07) is 32.8. The zero-order valence-electron chi connectivity index (χ0n) is 21.6. The number of aromatic nitrogens is 1. The maximum Gasteiger partial charge on any atom is 0.317 e. The number of carbonyl (C=O) groups excluding carboxylic acids is 2. The van der Waals surface area contributed by atoms with E-state index in [1.54, 1.807) is 36.4 Å². The van der Waals surface area contributed by atoms with Gasteiger partial charge >= 0.3 is 5.97 Å². The number of rotatable bonds is 7. The zero-order valence-corrected chi connectivity index (χ0v) is 21.6. The van der Waals surface area contributed by atoms with Gasteiger partial charge < -0.3 is 9.30 Å². The molecule has 4 nitrogen and oxygen atoms in total. The summed E-state index contributed by atoms with van der Waals surface area (Å²) in [7, 11) is 0. The molecule has 2 unspecified atom stereocenters. The van der Waals surface area contributed by atoms with E-state index in [0.29, 0.717) is 16.9 Å². The Morgan fingerprint density at radius 2 is 1.16 bits per heavy atom. The molecule has 0 saturated heterocycles. The van der Waals surface area contributed by atoms with E-state index in [1.165, 1.54) is 10.8 Å². The van der Waals surface area contributed by atoms with Gasteiger partial charge in [-0.05, 0) is 63.1 Å². The highest BCUT2D eigenvalue weighted by molar-refractivity contribution is 6.09. The van der Waals surface area contributed by atoms with Crippen LogP contribution in [0.25, 0.3) is 21.8 Å². The lowest BCUT2D eigenvalue weighted by Crippen LogP contribution is -2.38. The number of carbonyl (C=O) groups is 2. The molecule has 0 N–H and O–H groups in total. The Kier molecular flexibility index (Phi) is 6.43. The number of ketones is 1. The van der Waals surface area contributed by atoms with Crippen LogP contribution in [0.3, 0.4) is 0 Å². The van der Waals surface area contributed by atoms with Crippen LogP contribution in [-0.4, -0.2) is 16.3 Å². The largest absolute Gasteiger partial charge is 0.426 e. The van der Waals surface area contributed by atoms with Gasteiger partial charge in [-0.3, -0.25) is 9.59 Å². The highest BCUT2D eigenvalue weighted by Gasteiger charge is 2.40. The van der Waals surface area contributed by atoms with E-state index in [1.807, 2.05) is 32.0 Å². The molecule has 4 heteroatoms. The van der Waals surface area contributed by atoms with Gasteiger partial charge in [0.05, 0.1) is 5.41 Å². The third kappa shape index (κ3) is 4.44. The molecule has 0 amide bonds. The standard InChI is InChI=1S/C33H31NO3/c1-22(23(2)34-29-16-10-8-14-27(29)28-15-9-11-17-30(28)34)33(3,4)32(36)37-26-20-18-25(19-21-26)31(35)24-12-6-5-7-13-24/h5-23H,1-4H3. The van der Waals surface area contributed by atoms with E-state index in [0.717, 1.165) is 11.0 Å². The summed E-state index contributed by atoms with van der Waals surface area (Å²) in [6.45, 7) is 8.16. The van der Waals surface area contributed by atoms with E-state index >= 15 is 0 Å². The lowest BCUT2D eigenvalue weighted by Gasteiger charge is -2.35. The summed E-state index contributed by atoms with van der Waals surface area (Å²) in [5.74, 6) is 0.0414. The van der Waals surface area contributed by atoms with Crippen LogP contribution in [0.2, 0.25) is 0 Å². The van der Waals surface area contributed by atoms with Gasteiger partial charge in [0.15, 0.2) is 5.78 Å². The first-order valence-corrected chi connectivity index (χ1v) is 12.7. The van der Waals surface area contributed by atoms with Crippen LogP contribution in [0.4, 0.5) is 0 Å². The molecule has 0 radical (unpaired) electrons. The molecular weight excluding hydrogens is 458 g/mol. The Balaban J connectivity index is 1.37. The van der Waals surface area contributed by atoms with Crippen molar-refractivity contribution in [2.45, 2.75) is 33.7 Å². The van der Waals surface area contributed by atoms with Crippen LogP contribution >= 0.6 is 0 Å². The van der Waals surface area contributed by atoms with Crippen molar-refractivity contribution in [2.24, 2.45) is 11.3 Å². The van der Waals surface area contributed by atoms with Gasteiger partial charge in [-0.2, -0.15) is 0 Å². The second-order valence-corrected chi connectivity index (χ2v) is 10.3. The summed E-state index contributed by atoms with van der Waals surface area (Å²) < 4.78 is 8.17. The fraction of sp³-hybridized carbons (Fsp3) is 0.212. The van der Waals surface area contributed by atoms with Crippen molar-refractivity contribution in [1.82, 2.24) is 4.57 Å². The number of ether oxygens (including phenoxy) is 1. The Morgan fingerprint density at radius 3 is 1.73 bits per heavy atom. The van der Waals surface area contributed by atoms with Crippen LogP contribution in [0.5, 0.6) is 5.75 Å². The Bertz CT molecular complexity index is 1530. The van der Waals surface area contributed by atoms with E-state index in [-0.39, 0.29) is 23.7 Å². The van der Waals surface area contributed by atoms with Crippen LogP contribution in [0.1, 0.15) is 49.7 Å². The highest BCUT2D eigenvalue weighted by atomic mass is 16.5. The predicted octanol–water partition coefficient (Wildman–Crippen LogP) is 7.85. The van der Waals surface area contributed by atoms with Gasteiger partial charge in [-0.15, -0.1) is 0 Å². The summed E-state index contributed by atoms with van der Waals surface area (Å²) in [4.78, 5) is 26.1. The lowest BCUT2D eigenvalue weighted by molar-refractivity contribution is -0.147. The fourth-order valence-electron chi connectivity index (χ4n) is 5.07. The van der Waals surface area contributed by atoms with Crippen molar-refractivity contribution in [3.63, 3.8) is 0 Å². The molecule has 0 fully saturated rings. The second-order valence-electron chi connectivity index (χ2n) is 10.3. The first-order chi connectivity index (χ1) is 17.8. The first kappa shape index (κ1) is 24.5. The number of benzene rings is 4. The Morgan fingerprint density at radius 1 is 0.676 bits per heavy atom. The first-order valence-electron chi connectivity index (χ1n) is 12.7. The van der Waals surface area contributed by atoms with E-state index < -0.39 is 5.41 Å². The van der Waals surface area contributed by atoms with E-state index in [2.05, 4.69) is 66.9 Å². The molecule has 0 aliphatic heterocycles. The molecule has 1 aromatic heterocycles. The van der Waals surface area contributed by atoms with Gasteiger partial charge in [-0.25, -0.2) is 0 Å². The Hall–Kier alpha value is -4.18. The number of esters is 1. The van der Waals surface area contributed by atoms with Crippen LogP contribution < -0.4 is 4.74 Å². The van der Waals surface area contributed by atoms with Crippen molar-refractivity contribution >= 4 is 33.6 Å².